The lowest BCUT2D eigenvalue weighted by atomic mass is 10.0. The molecule has 0 amide bonds. The molecule has 0 spiro atoms. The van der Waals surface area contributed by atoms with Crippen LogP contribution in [0.3, 0.4) is 0 Å². The van der Waals surface area contributed by atoms with E-state index < -0.39 is 0 Å². The molecule has 0 fully saturated rings. The van der Waals surface area contributed by atoms with Crippen molar-refractivity contribution in [3.63, 3.8) is 0 Å². The predicted molar refractivity (Wildman–Crippen MR) is 67.4 cm³/mol. The molecule has 1 heterocycles. The molecular weight excluding hydrogens is 221 g/mol. The number of benzene rings is 1. The molecule has 2 aromatic rings. The van der Waals surface area contributed by atoms with Crippen LogP contribution in [0, 0.1) is 5.82 Å². The first-order valence-electron chi connectivity index (χ1n) is 5.34. The van der Waals surface area contributed by atoms with Crippen molar-refractivity contribution >= 4 is 17.0 Å². The van der Waals surface area contributed by atoms with E-state index in [2.05, 4.69) is 17.6 Å². The van der Waals surface area contributed by atoms with Gasteiger partial charge in [0, 0.05) is 11.1 Å². The minimum absolute atomic E-state index is 0.172. The highest BCUT2D eigenvalue weighted by Crippen LogP contribution is 2.24. The zero-order valence-corrected chi connectivity index (χ0v) is 9.93. The number of anilines is 1. The molecule has 16 heavy (non-hydrogen) atoms. The fraction of sp³-hybridized carbons (Fsp3) is 0.231. The fourth-order valence-corrected chi connectivity index (χ4v) is 2.29. The summed E-state index contributed by atoms with van der Waals surface area (Å²) in [4.78, 5) is 0. The Bertz CT molecular complexity index is 439. The zero-order chi connectivity index (χ0) is 11.4. The van der Waals surface area contributed by atoms with Crippen molar-refractivity contribution in [1.82, 2.24) is 0 Å². The summed E-state index contributed by atoms with van der Waals surface area (Å²) in [5.41, 5.74) is 2.09. The van der Waals surface area contributed by atoms with Crippen LogP contribution in [0.5, 0.6) is 0 Å². The topological polar surface area (TPSA) is 12.0 Å². The van der Waals surface area contributed by atoms with Crippen LogP contribution in [0.15, 0.2) is 41.1 Å². The van der Waals surface area contributed by atoms with Gasteiger partial charge < -0.3 is 5.32 Å². The third-order valence-corrected chi connectivity index (χ3v) is 3.20. The molecule has 1 atom stereocenters. The van der Waals surface area contributed by atoms with Crippen LogP contribution in [-0.2, 0) is 0 Å². The third kappa shape index (κ3) is 2.61. The van der Waals surface area contributed by atoms with Gasteiger partial charge in [-0.2, -0.15) is 11.3 Å². The normalized spacial score (nSPS) is 12.4. The van der Waals surface area contributed by atoms with Crippen LogP contribution in [-0.4, -0.2) is 0 Å². The number of thiophene rings is 1. The summed E-state index contributed by atoms with van der Waals surface area (Å²) < 4.78 is 13.1. The Balaban J connectivity index is 2.16. The molecule has 1 aromatic heterocycles. The van der Waals surface area contributed by atoms with Gasteiger partial charge in [0.05, 0.1) is 6.04 Å². The summed E-state index contributed by atoms with van der Waals surface area (Å²) in [5.74, 6) is -0.178. The van der Waals surface area contributed by atoms with Crippen molar-refractivity contribution in [2.75, 3.05) is 5.32 Å². The number of hydrogen-bond acceptors (Lipinski definition) is 2. The highest BCUT2D eigenvalue weighted by molar-refractivity contribution is 7.08. The summed E-state index contributed by atoms with van der Waals surface area (Å²) in [6.45, 7) is 2.09. The van der Waals surface area contributed by atoms with Crippen molar-refractivity contribution in [3.8, 4) is 0 Å². The molecule has 0 aliphatic rings. The number of hydrogen-bond donors (Lipinski definition) is 1. The molecule has 0 saturated heterocycles. The first kappa shape index (κ1) is 11.1. The van der Waals surface area contributed by atoms with Crippen LogP contribution >= 0.6 is 11.3 Å². The van der Waals surface area contributed by atoms with E-state index in [0.29, 0.717) is 0 Å². The average Bonchev–Trinajstić information content (AvgIpc) is 2.78. The fourth-order valence-electron chi connectivity index (χ4n) is 1.69. The average molecular weight is 235 g/mol. The van der Waals surface area contributed by atoms with Crippen molar-refractivity contribution in [2.45, 2.75) is 19.4 Å². The van der Waals surface area contributed by atoms with Gasteiger partial charge in [0.25, 0.3) is 0 Å². The first-order valence-corrected chi connectivity index (χ1v) is 6.28. The smallest absolute Gasteiger partial charge is 0.123 e. The molecule has 2 rings (SSSR count). The summed E-state index contributed by atoms with van der Waals surface area (Å²) in [7, 11) is 0. The van der Waals surface area contributed by atoms with Gasteiger partial charge in [-0.25, -0.2) is 4.39 Å². The van der Waals surface area contributed by atoms with Crippen LogP contribution in [0.25, 0.3) is 0 Å². The Morgan fingerprint density at radius 3 is 2.88 bits per heavy atom. The lowest BCUT2D eigenvalue weighted by Crippen LogP contribution is -2.09. The van der Waals surface area contributed by atoms with Crippen molar-refractivity contribution in [3.05, 3.63) is 52.5 Å². The van der Waals surface area contributed by atoms with Crippen LogP contribution < -0.4 is 5.32 Å². The molecule has 3 heteroatoms. The van der Waals surface area contributed by atoms with Gasteiger partial charge in [-0.3, -0.25) is 0 Å². The Labute approximate surface area is 98.9 Å². The number of halogens is 1. The Morgan fingerprint density at radius 2 is 2.25 bits per heavy atom. The molecule has 0 radical (unpaired) electrons. The summed E-state index contributed by atoms with van der Waals surface area (Å²) in [5, 5.41) is 7.48. The second kappa shape index (κ2) is 5.12. The SMILES string of the molecule is CCC(Nc1ccsc1)c1cccc(F)c1. The first-order chi connectivity index (χ1) is 7.79. The van der Waals surface area contributed by atoms with E-state index in [4.69, 9.17) is 0 Å². The van der Waals surface area contributed by atoms with Gasteiger partial charge in [-0.1, -0.05) is 19.1 Å². The van der Waals surface area contributed by atoms with E-state index in [9.17, 15) is 4.39 Å². The maximum absolute atomic E-state index is 13.1. The molecule has 0 aliphatic carbocycles. The molecule has 1 N–H and O–H groups in total. The van der Waals surface area contributed by atoms with E-state index in [0.717, 1.165) is 17.7 Å². The number of nitrogens with one attached hydrogen (secondary N) is 1. The van der Waals surface area contributed by atoms with Crippen molar-refractivity contribution in [1.29, 1.82) is 0 Å². The van der Waals surface area contributed by atoms with E-state index in [1.54, 1.807) is 23.5 Å². The quantitative estimate of drug-likeness (QED) is 0.825. The largest absolute Gasteiger partial charge is 0.378 e. The maximum atomic E-state index is 13.1. The minimum atomic E-state index is -0.178. The molecule has 0 aliphatic heterocycles. The Hall–Kier alpha value is -1.35. The Kier molecular flexibility index (Phi) is 3.57. The van der Waals surface area contributed by atoms with E-state index in [1.807, 2.05) is 17.5 Å². The second-order valence-corrected chi connectivity index (χ2v) is 4.45. The van der Waals surface area contributed by atoms with Crippen LogP contribution in [0.2, 0.25) is 0 Å². The molecule has 84 valence electrons. The van der Waals surface area contributed by atoms with Crippen molar-refractivity contribution < 1.29 is 4.39 Å². The number of rotatable bonds is 4. The minimum Gasteiger partial charge on any atom is -0.378 e. The molecule has 1 nitrogen and oxygen atoms in total. The van der Waals surface area contributed by atoms with E-state index in [-0.39, 0.29) is 11.9 Å². The van der Waals surface area contributed by atoms with Gasteiger partial charge in [0.15, 0.2) is 0 Å². The monoisotopic (exact) mass is 235 g/mol. The van der Waals surface area contributed by atoms with Crippen LogP contribution in [0.1, 0.15) is 24.9 Å². The van der Waals surface area contributed by atoms with Crippen LogP contribution in [0.4, 0.5) is 10.1 Å². The van der Waals surface area contributed by atoms with E-state index in [1.165, 1.54) is 6.07 Å². The van der Waals surface area contributed by atoms with Gasteiger partial charge in [-0.05, 0) is 35.6 Å². The summed E-state index contributed by atoms with van der Waals surface area (Å²) in [6, 6.07) is 8.98. The third-order valence-electron chi connectivity index (χ3n) is 2.52. The standard InChI is InChI=1S/C13H14FNS/c1-2-13(15-12-6-7-16-9-12)10-4-3-5-11(14)8-10/h3-9,13,15H,2H2,1H3. The molecular formula is C13H14FNS. The molecule has 1 aromatic carbocycles. The van der Waals surface area contributed by atoms with Gasteiger partial charge in [0.1, 0.15) is 5.82 Å². The lowest BCUT2D eigenvalue weighted by Gasteiger charge is -2.17. The Morgan fingerprint density at radius 1 is 1.38 bits per heavy atom. The highest BCUT2D eigenvalue weighted by atomic mass is 32.1. The molecule has 1 unspecified atom stereocenters. The summed E-state index contributed by atoms with van der Waals surface area (Å²) in [6.07, 6.45) is 0.930. The second-order valence-electron chi connectivity index (χ2n) is 3.67. The van der Waals surface area contributed by atoms with E-state index >= 15 is 0 Å². The van der Waals surface area contributed by atoms with Gasteiger partial charge in [-0.15, -0.1) is 0 Å². The molecule has 0 bridgehead atoms. The predicted octanol–water partition coefficient (Wildman–Crippen LogP) is 4.45. The van der Waals surface area contributed by atoms with Crippen molar-refractivity contribution in [2.24, 2.45) is 0 Å². The van der Waals surface area contributed by atoms with Gasteiger partial charge in [0.2, 0.25) is 0 Å². The zero-order valence-electron chi connectivity index (χ0n) is 9.11. The highest BCUT2D eigenvalue weighted by Gasteiger charge is 2.09. The van der Waals surface area contributed by atoms with Gasteiger partial charge >= 0.3 is 0 Å². The lowest BCUT2D eigenvalue weighted by molar-refractivity contribution is 0.621. The summed E-state index contributed by atoms with van der Waals surface area (Å²) >= 11 is 1.65. The molecule has 0 saturated carbocycles. The maximum Gasteiger partial charge on any atom is 0.123 e.